The van der Waals surface area contributed by atoms with Gasteiger partial charge in [-0.2, -0.15) is 4.98 Å². The van der Waals surface area contributed by atoms with E-state index in [0.717, 1.165) is 31.7 Å². The van der Waals surface area contributed by atoms with Crippen molar-refractivity contribution in [2.45, 2.75) is 32.7 Å². The molecule has 1 aliphatic heterocycles. The minimum absolute atomic E-state index is 0.0349. The monoisotopic (exact) mass is 278 g/mol. The molecule has 2 heterocycles. The van der Waals surface area contributed by atoms with Gasteiger partial charge in [0.1, 0.15) is 5.82 Å². The van der Waals surface area contributed by atoms with Crippen LogP contribution in [0.5, 0.6) is 5.88 Å². The molecule has 1 aromatic rings. The number of carbonyl (C=O) groups excluding carboxylic acids is 1. The number of carbonyl (C=O) groups is 1. The van der Waals surface area contributed by atoms with Crippen LogP contribution in [0.1, 0.15) is 26.7 Å². The topological polar surface area (TPSA) is 80.5 Å². The van der Waals surface area contributed by atoms with Gasteiger partial charge in [0, 0.05) is 26.1 Å². The number of piperidine rings is 1. The number of nitrogens with one attached hydrogen (secondary N) is 1. The first-order valence-electron chi connectivity index (χ1n) is 7.01. The largest absolute Gasteiger partial charge is 0.476 e. The zero-order valence-corrected chi connectivity index (χ0v) is 12.1. The van der Waals surface area contributed by atoms with Crippen molar-refractivity contribution < 1.29 is 9.53 Å². The molecule has 6 heteroatoms. The van der Waals surface area contributed by atoms with Gasteiger partial charge >= 0.3 is 0 Å². The smallest absolute Gasteiger partial charge is 0.239 e. The molecule has 0 spiro atoms. The first kappa shape index (κ1) is 14.4. The van der Waals surface area contributed by atoms with Crippen LogP contribution in [-0.4, -0.2) is 36.6 Å². The first-order chi connectivity index (χ1) is 9.60. The minimum Gasteiger partial charge on any atom is -0.476 e. The van der Waals surface area contributed by atoms with E-state index in [0.29, 0.717) is 18.2 Å². The Morgan fingerprint density at radius 1 is 1.50 bits per heavy atom. The van der Waals surface area contributed by atoms with Crippen LogP contribution >= 0.6 is 0 Å². The Labute approximate surface area is 119 Å². The van der Waals surface area contributed by atoms with E-state index < -0.39 is 0 Å². The minimum atomic E-state index is 0.0349. The molecule has 1 amide bonds. The molecule has 2 rings (SSSR count). The zero-order valence-electron chi connectivity index (χ0n) is 12.1. The second-order valence-corrected chi connectivity index (χ2v) is 4.96. The van der Waals surface area contributed by atoms with E-state index in [1.807, 2.05) is 19.1 Å². The highest BCUT2D eigenvalue weighted by molar-refractivity contribution is 5.73. The van der Waals surface area contributed by atoms with Gasteiger partial charge in [0.15, 0.2) is 0 Å². The number of rotatable bonds is 4. The molecular formula is C14H22N4O2. The van der Waals surface area contributed by atoms with Crippen molar-refractivity contribution >= 4 is 17.4 Å². The summed E-state index contributed by atoms with van der Waals surface area (Å²) in [6.07, 6.45) is 1.85. The van der Waals surface area contributed by atoms with Gasteiger partial charge in [0.2, 0.25) is 11.8 Å². The quantitative estimate of drug-likeness (QED) is 0.864. The van der Waals surface area contributed by atoms with Crippen molar-refractivity contribution in [2.75, 3.05) is 30.3 Å². The van der Waals surface area contributed by atoms with E-state index in [1.54, 1.807) is 6.92 Å². The van der Waals surface area contributed by atoms with Gasteiger partial charge in [-0.3, -0.25) is 4.79 Å². The van der Waals surface area contributed by atoms with Crippen molar-refractivity contribution in [3.63, 3.8) is 0 Å². The molecule has 0 atom stereocenters. The maximum atomic E-state index is 11.1. The number of nitrogens with two attached hydrogens (primary N) is 1. The number of hydrogen-bond donors (Lipinski definition) is 2. The second kappa shape index (κ2) is 6.45. The van der Waals surface area contributed by atoms with Gasteiger partial charge in [-0.25, -0.2) is 0 Å². The molecular weight excluding hydrogens is 256 g/mol. The lowest BCUT2D eigenvalue weighted by molar-refractivity contribution is -0.119. The number of nitrogen functional groups attached to an aromatic ring is 1. The molecule has 0 aromatic carbocycles. The van der Waals surface area contributed by atoms with Crippen molar-refractivity contribution in [1.29, 1.82) is 0 Å². The Morgan fingerprint density at radius 3 is 2.80 bits per heavy atom. The fourth-order valence-corrected chi connectivity index (χ4v) is 2.41. The van der Waals surface area contributed by atoms with Crippen molar-refractivity contribution in [3.8, 4) is 5.88 Å². The molecule has 0 unspecified atom stereocenters. The Hall–Kier alpha value is -1.98. The molecule has 0 aliphatic carbocycles. The van der Waals surface area contributed by atoms with Crippen LogP contribution in [0.4, 0.5) is 11.5 Å². The Bertz CT molecular complexity index is 470. The number of pyridine rings is 1. The van der Waals surface area contributed by atoms with Crippen LogP contribution in [0.3, 0.4) is 0 Å². The van der Waals surface area contributed by atoms with E-state index in [-0.39, 0.29) is 11.9 Å². The van der Waals surface area contributed by atoms with Gasteiger partial charge < -0.3 is 20.7 Å². The van der Waals surface area contributed by atoms with Gasteiger partial charge in [-0.05, 0) is 31.9 Å². The summed E-state index contributed by atoms with van der Waals surface area (Å²) in [6, 6.07) is 4.01. The molecule has 1 aliphatic rings. The van der Waals surface area contributed by atoms with E-state index >= 15 is 0 Å². The number of anilines is 2. The summed E-state index contributed by atoms with van der Waals surface area (Å²) in [5.74, 6) is 1.41. The van der Waals surface area contributed by atoms with Crippen LogP contribution in [0, 0.1) is 0 Å². The first-order valence-corrected chi connectivity index (χ1v) is 7.01. The van der Waals surface area contributed by atoms with Gasteiger partial charge in [-0.15, -0.1) is 0 Å². The van der Waals surface area contributed by atoms with Crippen molar-refractivity contribution in [1.82, 2.24) is 10.3 Å². The molecule has 110 valence electrons. The van der Waals surface area contributed by atoms with E-state index in [4.69, 9.17) is 10.5 Å². The highest BCUT2D eigenvalue weighted by atomic mass is 16.5. The number of amides is 1. The van der Waals surface area contributed by atoms with Gasteiger partial charge in [0.05, 0.1) is 12.3 Å². The predicted octanol–water partition coefficient (Wildman–Crippen LogP) is 1.17. The third kappa shape index (κ3) is 3.53. The number of ether oxygens (including phenoxy) is 1. The molecule has 1 saturated heterocycles. The van der Waals surface area contributed by atoms with Crippen LogP contribution < -0.4 is 20.7 Å². The lowest BCUT2D eigenvalue weighted by Crippen LogP contribution is -2.44. The molecule has 20 heavy (non-hydrogen) atoms. The summed E-state index contributed by atoms with van der Waals surface area (Å²) < 4.78 is 5.42. The second-order valence-electron chi connectivity index (χ2n) is 4.96. The Morgan fingerprint density at radius 2 is 2.20 bits per heavy atom. The fourth-order valence-electron chi connectivity index (χ4n) is 2.41. The van der Waals surface area contributed by atoms with Crippen LogP contribution in [-0.2, 0) is 4.79 Å². The summed E-state index contributed by atoms with van der Waals surface area (Å²) in [5, 5.41) is 2.96. The maximum absolute atomic E-state index is 11.1. The average Bonchev–Trinajstić information content (AvgIpc) is 2.42. The standard InChI is InChI=1S/C14H22N4O2/c1-3-20-14-12(15)4-5-13(17-14)18-8-6-11(7-9-18)16-10(2)19/h4-5,11H,3,6-9,15H2,1-2H3,(H,16,19). The maximum Gasteiger partial charge on any atom is 0.239 e. The van der Waals surface area contributed by atoms with E-state index in [1.165, 1.54) is 0 Å². The normalized spacial score (nSPS) is 16.0. The third-order valence-electron chi connectivity index (χ3n) is 3.38. The molecule has 0 bridgehead atoms. The van der Waals surface area contributed by atoms with Crippen molar-refractivity contribution in [2.24, 2.45) is 0 Å². The predicted molar refractivity (Wildman–Crippen MR) is 78.9 cm³/mol. The van der Waals surface area contributed by atoms with Crippen LogP contribution in [0.25, 0.3) is 0 Å². The molecule has 0 radical (unpaired) electrons. The summed E-state index contributed by atoms with van der Waals surface area (Å²) in [6.45, 7) is 5.75. The Balaban J connectivity index is 1.99. The van der Waals surface area contributed by atoms with Gasteiger partial charge in [-0.1, -0.05) is 0 Å². The number of hydrogen-bond acceptors (Lipinski definition) is 5. The highest BCUT2D eigenvalue weighted by Gasteiger charge is 2.21. The Kier molecular flexibility index (Phi) is 4.65. The molecule has 3 N–H and O–H groups in total. The molecule has 6 nitrogen and oxygen atoms in total. The summed E-state index contributed by atoms with van der Waals surface area (Å²) in [5.41, 5.74) is 6.39. The van der Waals surface area contributed by atoms with Crippen molar-refractivity contribution in [3.05, 3.63) is 12.1 Å². The van der Waals surface area contributed by atoms with E-state index in [9.17, 15) is 4.79 Å². The van der Waals surface area contributed by atoms with Crippen LogP contribution in [0.15, 0.2) is 12.1 Å². The highest BCUT2D eigenvalue weighted by Crippen LogP contribution is 2.25. The fraction of sp³-hybridized carbons (Fsp3) is 0.571. The zero-order chi connectivity index (χ0) is 14.5. The molecule has 1 fully saturated rings. The summed E-state index contributed by atoms with van der Waals surface area (Å²) >= 11 is 0. The molecule has 1 aromatic heterocycles. The average molecular weight is 278 g/mol. The lowest BCUT2D eigenvalue weighted by Gasteiger charge is -2.33. The number of nitrogens with zero attached hydrogens (tertiary/aromatic N) is 2. The lowest BCUT2D eigenvalue weighted by atomic mass is 10.1. The summed E-state index contributed by atoms with van der Waals surface area (Å²) in [7, 11) is 0. The summed E-state index contributed by atoms with van der Waals surface area (Å²) in [4.78, 5) is 17.7. The number of aromatic nitrogens is 1. The molecule has 0 saturated carbocycles. The van der Waals surface area contributed by atoms with E-state index in [2.05, 4.69) is 15.2 Å². The van der Waals surface area contributed by atoms with Gasteiger partial charge in [0.25, 0.3) is 0 Å². The SMILES string of the molecule is CCOc1nc(N2CCC(NC(C)=O)CC2)ccc1N. The van der Waals surface area contributed by atoms with Crippen LogP contribution in [0.2, 0.25) is 0 Å². The third-order valence-corrected chi connectivity index (χ3v) is 3.38.